The number of hydrogen-bond acceptors (Lipinski definition) is 4. The lowest BCUT2D eigenvalue weighted by atomic mass is 10.1. The highest BCUT2D eigenvalue weighted by Gasteiger charge is 2.24. The van der Waals surface area contributed by atoms with Gasteiger partial charge in [0.15, 0.2) is 0 Å². The summed E-state index contributed by atoms with van der Waals surface area (Å²) in [6.45, 7) is 4.04. The van der Waals surface area contributed by atoms with Crippen molar-refractivity contribution in [1.29, 1.82) is 0 Å². The fourth-order valence-electron chi connectivity index (χ4n) is 4.99. The van der Waals surface area contributed by atoms with Crippen LogP contribution in [-0.2, 0) is 16.0 Å². The van der Waals surface area contributed by atoms with Crippen molar-refractivity contribution in [3.63, 3.8) is 0 Å². The van der Waals surface area contributed by atoms with Gasteiger partial charge in [-0.1, -0.05) is 109 Å². The van der Waals surface area contributed by atoms with E-state index in [4.69, 9.17) is 23.2 Å². The Morgan fingerprint density at radius 1 is 0.792 bits per heavy atom. The molecule has 0 aliphatic heterocycles. The predicted octanol–water partition coefficient (Wildman–Crippen LogP) is 9.75. The summed E-state index contributed by atoms with van der Waals surface area (Å²) in [4.78, 5) is 41.4. The van der Waals surface area contributed by atoms with Crippen LogP contribution in [0.2, 0.25) is 10.0 Å². The van der Waals surface area contributed by atoms with Gasteiger partial charge in [0.2, 0.25) is 5.91 Å². The van der Waals surface area contributed by atoms with Crippen molar-refractivity contribution in [1.82, 2.24) is 5.32 Å². The molecule has 0 heterocycles. The van der Waals surface area contributed by atoms with Crippen LogP contribution in [-0.4, -0.2) is 17.7 Å². The minimum atomic E-state index is -0.575. The van der Waals surface area contributed by atoms with E-state index in [2.05, 4.69) is 22.9 Å². The zero-order valence-electron chi connectivity index (χ0n) is 26.3. The molecular weight excluding hydrogens is 661 g/mol. The molecule has 9 heteroatoms. The monoisotopic (exact) mass is 693 g/mol. The van der Waals surface area contributed by atoms with E-state index >= 15 is 0 Å². The number of carbonyl (C=O) groups excluding carboxylic acids is 3. The summed E-state index contributed by atoms with van der Waals surface area (Å²) >= 11 is 13.9. The highest BCUT2D eigenvalue weighted by Crippen LogP contribution is 2.38. The Labute approximate surface area is 294 Å². The predicted molar refractivity (Wildman–Crippen MR) is 198 cm³/mol. The van der Waals surface area contributed by atoms with E-state index in [-0.39, 0.29) is 11.6 Å². The molecule has 242 valence electrons. The Hall–Kier alpha value is -4.82. The fourth-order valence-corrected chi connectivity index (χ4v) is 6.54. The Morgan fingerprint density at radius 2 is 1.50 bits per heavy atom. The standard InChI is InChI=1S/C39H33Cl2N3O3S/c1-3-26-17-10-12-25(2)35(26)44-39(47)36(27-13-6-4-7-14-27)48-32-19-11-18-31(24-32)42-38(46)34(22-29-20-21-30(40)23-33(29)41)43-37(45)28-15-8-5-9-16-28/h4-24,36H,3H2,1-2H3,(H,42,46)(H,43,45)(H,44,47)/b34-22+. The van der Waals surface area contributed by atoms with Crippen LogP contribution in [0.15, 0.2) is 132 Å². The van der Waals surface area contributed by atoms with Gasteiger partial charge in [0, 0.05) is 31.9 Å². The van der Waals surface area contributed by atoms with E-state index < -0.39 is 17.1 Å². The SMILES string of the molecule is CCc1cccc(C)c1NC(=O)C(Sc1cccc(NC(=O)/C(=C\c2ccc(Cl)cc2Cl)NC(=O)c2ccccc2)c1)c1ccccc1. The molecule has 0 saturated heterocycles. The average molecular weight is 695 g/mol. The van der Waals surface area contributed by atoms with Crippen LogP contribution in [0.3, 0.4) is 0 Å². The number of para-hydroxylation sites is 1. The maximum atomic E-state index is 13.9. The molecule has 0 fully saturated rings. The van der Waals surface area contributed by atoms with Gasteiger partial charge in [-0.3, -0.25) is 14.4 Å². The van der Waals surface area contributed by atoms with Crippen LogP contribution >= 0.6 is 35.0 Å². The number of halogens is 2. The molecule has 5 aromatic rings. The largest absolute Gasteiger partial charge is 0.324 e. The Morgan fingerprint density at radius 3 is 2.21 bits per heavy atom. The number of hydrogen-bond donors (Lipinski definition) is 3. The highest BCUT2D eigenvalue weighted by atomic mass is 35.5. The Balaban J connectivity index is 1.40. The van der Waals surface area contributed by atoms with Crippen LogP contribution in [0.25, 0.3) is 6.08 Å². The maximum Gasteiger partial charge on any atom is 0.272 e. The van der Waals surface area contributed by atoms with Gasteiger partial charge < -0.3 is 16.0 Å². The number of nitrogens with one attached hydrogen (secondary N) is 3. The molecular formula is C39H33Cl2N3O3S. The van der Waals surface area contributed by atoms with Gasteiger partial charge >= 0.3 is 0 Å². The zero-order chi connectivity index (χ0) is 34.0. The van der Waals surface area contributed by atoms with Gasteiger partial charge in [-0.05, 0) is 84.1 Å². The van der Waals surface area contributed by atoms with E-state index in [0.29, 0.717) is 26.9 Å². The molecule has 0 aliphatic rings. The minimum Gasteiger partial charge on any atom is -0.324 e. The molecule has 6 nitrogen and oxygen atoms in total. The number of benzene rings is 5. The van der Waals surface area contributed by atoms with E-state index in [1.807, 2.05) is 61.5 Å². The molecule has 1 unspecified atom stereocenters. The Kier molecular flexibility index (Phi) is 11.7. The van der Waals surface area contributed by atoms with Gasteiger partial charge in [-0.15, -0.1) is 11.8 Å². The van der Waals surface area contributed by atoms with Crippen LogP contribution in [0.5, 0.6) is 0 Å². The van der Waals surface area contributed by atoms with E-state index in [0.717, 1.165) is 33.7 Å². The molecule has 5 rings (SSSR count). The fraction of sp³-hybridized carbons (Fsp3) is 0.103. The number of amides is 3. The lowest BCUT2D eigenvalue weighted by molar-refractivity contribution is -0.116. The smallest absolute Gasteiger partial charge is 0.272 e. The van der Waals surface area contributed by atoms with Crippen molar-refractivity contribution >= 4 is 70.1 Å². The molecule has 0 spiro atoms. The summed E-state index contributed by atoms with van der Waals surface area (Å²) in [5.41, 5.74) is 5.07. The van der Waals surface area contributed by atoms with Crippen molar-refractivity contribution in [2.75, 3.05) is 10.6 Å². The summed E-state index contributed by atoms with van der Waals surface area (Å²) in [7, 11) is 0. The van der Waals surface area contributed by atoms with Crippen LogP contribution in [0.1, 0.15) is 44.8 Å². The molecule has 48 heavy (non-hydrogen) atoms. The second-order valence-corrected chi connectivity index (χ2v) is 12.9. The topological polar surface area (TPSA) is 87.3 Å². The summed E-state index contributed by atoms with van der Waals surface area (Å²) in [5.74, 6) is -1.17. The molecule has 3 N–H and O–H groups in total. The third kappa shape index (κ3) is 8.95. The van der Waals surface area contributed by atoms with Crippen LogP contribution in [0, 0.1) is 6.92 Å². The summed E-state index contributed by atoms with van der Waals surface area (Å²) < 4.78 is 0. The lowest BCUT2D eigenvalue weighted by Gasteiger charge is -2.20. The normalized spacial score (nSPS) is 11.8. The van der Waals surface area contributed by atoms with Crippen molar-refractivity contribution in [2.45, 2.75) is 30.4 Å². The second-order valence-electron chi connectivity index (χ2n) is 10.9. The molecule has 1 atom stereocenters. The van der Waals surface area contributed by atoms with E-state index in [1.54, 1.807) is 66.7 Å². The molecule has 5 aromatic carbocycles. The summed E-state index contributed by atoms with van der Waals surface area (Å²) in [6, 6.07) is 36.3. The lowest BCUT2D eigenvalue weighted by Crippen LogP contribution is -2.30. The van der Waals surface area contributed by atoms with Crippen molar-refractivity contribution in [3.8, 4) is 0 Å². The first-order chi connectivity index (χ1) is 23.2. The van der Waals surface area contributed by atoms with Crippen LogP contribution < -0.4 is 16.0 Å². The third-order valence-corrected chi connectivity index (χ3v) is 9.28. The minimum absolute atomic E-state index is 0.0161. The maximum absolute atomic E-state index is 13.9. The number of aryl methyl sites for hydroxylation is 2. The van der Waals surface area contributed by atoms with Crippen LogP contribution in [0.4, 0.5) is 11.4 Å². The van der Waals surface area contributed by atoms with Gasteiger partial charge in [0.1, 0.15) is 10.9 Å². The number of carbonyl (C=O) groups is 3. The molecule has 3 amide bonds. The van der Waals surface area contributed by atoms with Gasteiger partial charge in [0.25, 0.3) is 11.8 Å². The Bertz CT molecular complexity index is 1970. The van der Waals surface area contributed by atoms with Gasteiger partial charge in [0.05, 0.1) is 0 Å². The van der Waals surface area contributed by atoms with Crippen molar-refractivity contribution in [3.05, 3.63) is 165 Å². The first kappa shape index (κ1) is 34.5. The first-order valence-corrected chi connectivity index (χ1v) is 16.9. The number of rotatable bonds is 11. The molecule has 0 bridgehead atoms. The highest BCUT2D eigenvalue weighted by molar-refractivity contribution is 8.00. The van der Waals surface area contributed by atoms with Gasteiger partial charge in [-0.2, -0.15) is 0 Å². The zero-order valence-corrected chi connectivity index (χ0v) is 28.6. The average Bonchev–Trinajstić information content (AvgIpc) is 3.09. The van der Waals surface area contributed by atoms with Crippen molar-refractivity contribution < 1.29 is 14.4 Å². The summed E-state index contributed by atoms with van der Waals surface area (Å²) in [6.07, 6.45) is 2.29. The summed E-state index contributed by atoms with van der Waals surface area (Å²) in [5, 5.41) is 8.98. The number of thioether (sulfide) groups is 1. The third-order valence-electron chi connectivity index (χ3n) is 7.47. The van der Waals surface area contributed by atoms with Crippen molar-refractivity contribution in [2.24, 2.45) is 0 Å². The van der Waals surface area contributed by atoms with Gasteiger partial charge in [-0.25, -0.2) is 0 Å². The van der Waals surface area contributed by atoms with E-state index in [9.17, 15) is 14.4 Å². The quantitative estimate of drug-likeness (QED) is 0.0950. The van der Waals surface area contributed by atoms with E-state index in [1.165, 1.54) is 17.8 Å². The number of anilines is 2. The molecule has 0 aliphatic carbocycles. The second kappa shape index (κ2) is 16.3. The molecule has 0 aromatic heterocycles. The first-order valence-electron chi connectivity index (χ1n) is 15.3. The molecule has 0 saturated carbocycles. The molecule has 0 radical (unpaired) electrons.